The Morgan fingerprint density at radius 3 is 2.41 bits per heavy atom. The van der Waals surface area contributed by atoms with E-state index in [1.165, 1.54) is 0 Å². The zero-order valence-corrected chi connectivity index (χ0v) is 16.7. The van der Waals surface area contributed by atoms with Gasteiger partial charge in [-0.2, -0.15) is 0 Å². The van der Waals surface area contributed by atoms with Crippen molar-refractivity contribution in [2.45, 2.75) is 19.8 Å². The van der Waals surface area contributed by atoms with Gasteiger partial charge < -0.3 is 14.7 Å². The van der Waals surface area contributed by atoms with Crippen molar-refractivity contribution < 1.29 is 9.59 Å². The molecule has 2 aromatic rings. The molecule has 0 saturated carbocycles. The molecular formula is C21H26N6O2. The van der Waals surface area contributed by atoms with Crippen LogP contribution in [0.5, 0.6) is 0 Å². The molecule has 2 aliphatic heterocycles. The molecule has 0 bridgehead atoms. The van der Waals surface area contributed by atoms with Crippen molar-refractivity contribution in [3.63, 3.8) is 0 Å². The van der Waals surface area contributed by atoms with Gasteiger partial charge in [0.25, 0.3) is 11.8 Å². The van der Waals surface area contributed by atoms with Gasteiger partial charge in [-0.15, -0.1) is 0 Å². The Labute approximate surface area is 170 Å². The van der Waals surface area contributed by atoms with Crippen LogP contribution in [0, 0.1) is 5.92 Å². The third-order valence-electron chi connectivity index (χ3n) is 5.57. The molecule has 152 valence electrons. The van der Waals surface area contributed by atoms with E-state index in [1.807, 2.05) is 4.90 Å². The number of nitrogens with zero attached hydrogens (tertiary/aromatic N) is 6. The van der Waals surface area contributed by atoms with Crippen LogP contribution in [0.1, 0.15) is 40.6 Å². The van der Waals surface area contributed by atoms with Crippen molar-refractivity contribution in [2.24, 2.45) is 5.92 Å². The third kappa shape index (κ3) is 4.36. The van der Waals surface area contributed by atoms with Gasteiger partial charge in [0.1, 0.15) is 5.69 Å². The molecule has 0 radical (unpaired) electrons. The highest BCUT2D eigenvalue weighted by Crippen LogP contribution is 2.19. The van der Waals surface area contributed by atoms with Gasteiger partial charge >= 0.3 is 0 Å². The average Bonchev–Trinajstić information content (AvgIpc) is 2.79. The number of hydrogen-bond donors (Lipinski definition) is 0. The summed E-state index contributed by atoms with van der Waals surface area (Å²) in [5.41, 5.74) is 0.860. The zero-order chi connectivity index (χ0) is 20.2. The summed E-state index contributed by atoms with van der Waals surface area (Å²) in [6.07, 6.45) is 7.18. The molecule has 8 nitrogen and oxygen atoms in total. The summed E-state index contributed by atoms with van der Waals surface area (Å²) in [4.78, 5) is 44.3. The van der Waals surface area contributed by atoms with E-state index < -0.39 is 0 Å². The molecule has 8 heteroatoms. The van der Waals surface area contributed by atoms with E-state index in [1.54, 1.807) is 41.7 Å². The summed E-state index contributed by atoms with van der Waals surface area (Å²) in [5.74, 6) is 1.04. The minimum Gasteiger partial charge on any atom is -0.338 e. The Kier molecular flexibility index (Phi) is 5.69. The number of likely N-dealkylation sites (tertiary alicyclic amines) is 1. The highest BCUT2D eigenvalue weighted by atomic mass is 16.2. The minimum atomic E-state index is -0.139. The summed E-state index contributed by atoms with van der Waals surface area (Å²) in [7, 11) is 0. The molecule has 0 spiro atoms. The lowest BCUT2D eigenvalue weighted by atomic mass is 9.99. The van der Waals surface area contributed by atoms with E-state index in [4.69, 9.17) is 0 Å². The van der Waals surface area contributed by atoms with Gasteiger partial charge in [-0.25, -0.2) is 9.97 Å². The molecule has 0 aromatic carbocycles. The predicted molar refractivity (Wildman–Crippen MR) is 109 cm³/mol. The number of pyridine rings is 1. The number of hydrogen-bond acceptors (Lipinski definition) is 6. The maximum atomic E-state index is 12.9. The van der Waals surface area contributed by atoms with Gasteiger partial charge in [-0.05, 0) is 37.0 Å². The lowest BCUT2D eigenvalue weighted by Crippen LogP contribution is -2.49. The van der Waals surface area contributed by atoms with E-state index in [0.29, 0.717) is 49.3 Å². The minimum absolute atomic E-state index is 0.0148. The first kappa shape index (κ1) is 19.3. The second-order valence-electron chi connectivity index (χ2n) is 7.76. The smallest absolute Gasteiger partial charge is 0.272 e. The Bertz CT molecular complexity index is 866. The van der Waals surface area contributed by atoms with Crippen LogP contribution in [-0.4, -0.2) is 75.8 Å². The molecule has 2 amide bonds. The molecule has 4 rings (SSSR count). The largest absolute Gasteiger partial charge is 0.338 e. The monoisotopic (exact) mass is 394 g/mol. The van der Waals surface area contributed by atoms with Gasteiger partial charge in [0.05, 0.1) is 0 Å². The molecule has 2 fully saturated rings. The summed E-state index contributed by atoms with van der Waals surface area (Å²) in [5, 5.41) is 0. The van der Waals surface area contributed by atoms with Gasteiger partial charge in [-0.1, -0.05) is 6.92 Å². The number of carbonyl (C=O) groups is 2. The fraction of sp³-hybridized carbons (Fsp3) is 0.476. The van der Waals surface area contributed by atoms with Crippen LogP contribution in [0.4, 0.5) is 5.95 Å². The van der Waals surface area contributed by atoms with E-state index in [0.717, 1.165) is 25.9 Å². The molecule has 1 unspecified atom stereocenters. The summed E-state index contributed by atoms with van der Waals surface area (Å²) in [6, 6.07) is 5.12. The first-order chi connectivity index (χ1) is 14.1. The molecule has 0 N–H and O–H groups in total. The van der Waals surface area contributed by atoms with Crippen molar-refractivity contribution in [2.75, 3.05) is 44.2 Å². The number of piperidine rings is 1. The van der Waals surface area contributed by atoms with E-state index in [9.17, 15) is 9.59 Å². The first-order valence-electron chi connectivity index (χ1n) is 10.2. The highest BCUT2D eigenvalue weighted by molar-refractivity contribution is 5.98. The molecule has 4 heterocycles. The SMILES string of the molecule is CC1CCCN(C(=O)c2ccnc(C(=O)N3CCN(c4ncccn4)CC3)c2)C1. The maximum Gasteiger partial charge on any atom is 0.272 e. The normalized spacial score (nSPS) is 19.9. The molecule has 1 atom stereocenters. The molecular weight excluding hydrogens is 368 g/mol. The number of anilines is 1. The number of carbonyl (C=O) groups excluding carboxylic acids is 2. The number of piperazine rings is 1. The third-order valence-corrected chi connectivity index (χ3v) is 5.57. The van der Waals surface area contributed by atoms with Crippen LogP contribution in [0.25, 0.3) is 0 Å². The quantitative estimate of drug-likeness (QED) is 0.788. The van der Waals surface area contributed by atoms with E-state index in [2.05, 4.69) is 26.8 Å². The standard InChI is InChI=1S/C21H26N6O2/c1-16-4-2-9-27(15-16)19(28)17-5-8-22-18(14-17)20(29)25-10-12-26(13-11-25)21-23-6-3-7-24-21/h3,5-8,14,16H,2,4,9-13,15H2,1H3. The number of rotatable bonds is 3. The number of amides is 2. The van der Waals surface area contributed by atoms with Crippen molar-refractivity contribution in [3.05, 3.63) is 48.0 Å². The van der Waals surface area contributed by atoms with Crippen LogP contribution >= 0.6 is 0 Å². The van der Waals surface area contributed by atoms with Crippen LogP contribution in [0.3, 0.4) is 0 Å². The Morgan fingerprint density at radius 2 is 1.69 bits per heavy atom. The van der Waals surface area contributed by atoms with E-state index in [-0.39, 0.29) is 11.8 Å². The van der Waals surface area contributed by atoms with Crippen molar-refractivity contribution in [3.8, 4) is 0 Å². The second-order valence-corrected chi connectivity index (χ2v) is 7.76. The molecule has 29 heavy (non-hydrogen) atoms. The van der Waals surface area contributed by atoms with Crippen LogP contribution in [0.15, 0.2) is 36.8 Å². The Hall–Kier alpha value is -3.03. The van der Waals surface area contributed by atoms with Gasteiger partial charge in [0, 0.05) is 63.4 Å². The Balaban J connectivity index is 1.41. The summed E-state index contributed by atoms with van der Waals surface area (Å²) < 4.78 is 0. The maximum absolute atomic E-state index is 12.9. The fourth-order valence-corrected chi connectivity index (χ4v) is 3.96. The first-order valence-corrected chi connectivity index (χ1v) is 10.2. The molecule has 2 saturated heterocycles. The lowest BCUT2D eigenvalue weighted by molar-refractivity contribution is 0.0682. The summed E-state index contributed by atoms with van der Waals surface area (Å²) >= 11 is 0. The zero-order valence-electron chi connectivity index (χ0n) is 16.7. The number of aromatic nitrogens is 3. The predicted octanol–water partition coefficient (Wildman–Crippen LogP) is 1.71. The van der Waals surface area contributed by atoms with Crippen molar-refractivity contribution in [1.29, 1.82) is 0 Å². The Morgan fingerprint density at radius 1 is 0.931 bits per heavy atom. The van der Waals surface area contributed by atoms with Crippen molar-refractivity contribution >= 4 is 17.8 Å². The van der Waals surface area contributed by atoms with Gasteiger partial charge in [0.2, 0.25) is 5.95 Å². The molecule has 2 aliphatic rings. The van der Waals surface area contributed by atoms with Crippen molar-refractivity contribution in [1.82, 2.24) is 24.8 Å². The second kappa shape index (κ2) is 8.55. The molecule has 0 aliphatic carbocycles. The topological polar surface area (TPSA) is 82.5 Å². The lowest BCUT2D eigenvalue weighted by Gasteiger charge is -2.34. The summed E-state index contributed by atoms with van der Waals surface area (Å²) in [6.45, 7) is 6.19. The van der Waals surface area contributed by atoms with Gasteiger partial charge in [-0.3, -0.25) is 14.6 Å². The van der Waals surface area contributed by atoms with Crippen LogP contribution in [-0.2, 0) is 0 Å². The fourth-order valence-electron chi connectivity index (χ4n) is 3.96. The van der Waals surface area contributed by atoms with Crippen LogP contribution < -0.4 is 4.90 Å². The average molecular weight is 394 g/mol. The van der Waals surface area contributed by atoms with Gasteiger partial charge in [0.15, 0.2) is 0 Å². The van der Waals surface area contributed by atoms with E-state index >= 15 is 0 Å². The highest BCUT2D eigenvalue weighted by Gasteiger charge is 2.26. The van der Waals surface area contributed by atoms with Crippen LogP contribution in [0.2, 0.25) is 0 Å². The molecule has 2 aromatic heterocycles.